The van der Waals surface area contributed by atoms with Gasteiger partial charge >= 0.3 is 0 Å². The largest absolute Gasteiger partial charge is 0.495 e. The standard InChI is InChI=1S/C20H31N5O2/c1-23-14-15(13-21)17-11-18(22)20(26-2)12-19(17)25-5-3-16(4-6-25)24-7-9-27-10-8-24/h11-14,16,21,23H,3-10,22H2,1-2H3/b15-14+,21-13?. The van der Waals surface area contributed by atoms with E-state index in [4.69, 9.17) is 20.6 Å². The molecule has 2 aliphatic rings. The van der Waals surface area contributed by atoms with Gasteiger partial charge in [-0.1, -0.05) is 0 Å². The first-order chi connectivity index (χ1) is 13.2. The number of hydrogen-bond acceptors (Lipinski definition) is 7. The van der Waals surface area contributed by atoms with Crippen molar-refractivity contribution in [2.75, 3.05) is 64.2 Å². The van der Waals surface area contributed by atoms with Gasteiger partial charge in [-0.25, -0.2) is 0 Å². The molecule has 0 bridgehead atoms. The van der Waals surface area contributed by atoms with Crippen LogP contribution < -0.4 is 20.7 Å². The van der Waals surface area contributed by atoms with Crippen molar-refractivity contribution in [2.24, 2.45) is 0 Å². The van der Waals surface area contributed by atoms with Crippen molar-refractivity contribution in [3.05, 3.63) is 23.9 Å². The molecule has 27 heavy (non-hydrogen) atoms. The summed E-state index contributed by atoms with van der Waals surface area (Å²) in [6, 6.07) is 4.54. The van der Waals surface area contributed by atoms with Crippen LogP contribution in [0, 0.1) is 5.41 Å². The van der Waals surface area contributed by atoms with Crippen LogP contribution in [0.4, 0.5) is 11.4 Å². The maximum Gasteiger partial charge on any atom is 0.143 e. The fraction of sp³-hybridized carbons (Fsp3) is 0.550. The lowest BCUT2D eigenvalue weighted by molar-refractivity contribution is 0.0115. The Hall–Kier alpha value is -2.25. The SMILES string of the molecule is CN/C=C(\C=N)c1cc(N)c(OC)cc1N1CCC(N2CCOCC2)CC1. The number of allylic oxidation sites excluding steroid dienone is 1. The third kappa shape index (κ3) is 4.36. The molecular formula is C20H31N5O2. The number of hydrogen-bond donors (Lipinski definition) is 3. The van der Waals surface area contributed by atoms with E-state index < -0.39 is 0 Å². The summed E-state index contributed by atoms with van der Waals surface area (Å²) < 4.78 is 10.9. The van der Waals surface area contributed by atoms with Gasteiger partial charge < -0.3 is 30.8 Å². The quantitative estimate of drug-likeness (QED) is 0.521. The molecule has 3 rings (SSSR count). The minimum absolute atomic E-state index is 0.586. The number of piperidine rings is 1. The molecular weight excluding hydrogens is 342 g/mol. The van der Waals surface area contributed by atoms with Crippen LogP contribution in [-0.2, 0) is 4.74 Å². The molecule has 0 spiro atoms. The fourth-order valence-corrected chi connectivity index (χ4v) is 4.02. The normalized spacial score (nSPS) is 19.8. The fourth-order valence-electron chi connectivity index (χ4n) is 4.02. The third-order valence-electron chi connectivity index (χ3n) is 5.48. The first kappa shape index (κ1) is 19.5. The first-order valence-corrected chi connectivity index (χ1v) is 9.60. The number of methoxy groups -OCH3 is 1. The van der Waals surface area contributed by atoms with Crippen LogP contribution in [0.2, 0.25) is 0 Å². The number of benzene rings is 1. The van der Waals surface area contributed by atoms with E-state index >= 15 is 0 Å². The van der Waals surface area contributed by atoms with Gasteiger partial charge in [0, 0.05) is 74.6 Å². The zero-order valence-corrected chi connectivity index (χ0v) is 16.3. The van der Waals surface area contributed by atoms with Gasteiger partial charge in [0.05, 0.1) is 26.0 Å². The molecule has 148 valence electrons. The summed E-state index contributed by atoms with van der Waals surface area (Å²) >= 11 is 0. The summed E-state index contributed by atoms with van der Waals surface area (Å²) in [5, 5.41) is 10.8. The maximum absolute atomic E-state index is 7.80. The van der Waals surface area contributed by atoms with E-state index in [-0.39, 0.29) is 0 Å². The smallest absolute Gasteiger partial charge is 0.143 e. The van der Waals surface area contributed by atoms with Crippen LogP contribution in [-0.4, -0.2) is 70.7 Å². The number of nitrogens with one attached hydrogen (secondary N) is 2. The molecule has 0 aromatic heterocycles. The molecule has 0 radical (unpaired) electrons. The van der Waals surface area contributed by atoms with Crippen molar-refractivity contribution in [1.29, 1.82) is 5.41 Å². The van der Waals surface area contributed by atoms with Crippen molar-refractivity contribution in [3.8, 4) is 5.75 Å². The highest BCUT2D eigenvalue weighted by Gasteiger charge is 2.27. The van der Waals surface area contributed by atoms with Gasteiger partial charge in [0.25, 0.3) is 0 Å². The average molecular weight is 374 g/mol. The molecule has 7 heteroatoms. The summed E-state index contributed by atoms with van der Waals surface area (Å²) in [4.78, 5) is 4.95. The molecule has 2 heterocycles. The Morgan fingerprint density at radius 1 is 1.26 bits per heavy atom. The van der Waals surface area contributed by atoms with Gasteiger partial charge in [0.2, 0.25) is 0 Å². The maximum atomic E-state index is 7.80. The second-order valence-corrected chi connectivity index (χ2v) is 7.01. The Labute approximate surface area is 161 Å². The highest BCUT2D eigenvalue weighted by atomic mass is 16.5. The van der Waals surface area contributed by atoms with E-state index in [1.807, 2.05) is 25.4 Å². The summed E-state index contributed by atoms with van der Waals surface area (Å²) in [7, 11) is 3.48. The molecule has 1 aromatic rings. The lowest BCUT2D eigenvalue weighted by atomic mass is 9.98. The van der Waals surface area contributed by atoms with Crippen molar-refractivity contribution in [3.63, 3.8) is 0 Å². The molecule has 0 amide bonds. The Balaban J connectivity index is 1.82. The molecule has 1 aromatic carbocycles. The van der Waals surface area contributed by atoms with E-state index in [2.05, 4.69) is 15.1 Å². The van der Waals surface area contributed by atoms with Gasteiger partial charge in [-0.3, -0.25) is 4.90 Å². The molecule has 2 fully saturated rings. The topological polar surface area (TPSA) is 86.8 Å². The Bertz CT molecular complexity index is 677. The molecule has 4 N–H and O–H groups in total. The number of ether oxygens (including phenoxy) is 2. The lowest BCUT2D eigenvalue weighted by Gasteiger charge is -2.41. The molecule has 0 unspecified atom stereocenters. The molecule has 2 aliphatic heterocycles. The van der Waals surface area contributed by atoms with E-state index in [1.165, 1.54) is 6.21 Å². The Morgan fingerprint density at radius 2 is 1.96 bits per heavy atom. The highest BCUT2D eigenvalue weighted by Crippen LogP contribution is 2.36. The van der Waals surface area contributed by atoms with E-state index in [0.29, 0.717) is 17.5 Å². The van der Waals surface area contributed by atoms with Crippen LogP contribution in [0.1, 0.15) is 18.4 Å². The summed E-state index contributed by atoms with van der Waals surface area (Å²) in [5.41, 5.74) is 9.58. The van der Waals surface area contributed by atoms with Crippen molar-refractivity contribution in [2.45, 2.75) is 18.9 Å². The zero-order valence-electron chi connectivity index (χ0n) is 16.3. The lowest BCUT2D eigenvalue weighted by Crippen LogP contribution is -2.49. The molecule has 7 nitrogen and oxygen atoms in total. The summed E-state index contributed by atoms with van der Waals surface area (Å²) in [5.74, 6) is 0.679. The van der Waals surface area contributed by atoms with Gasteiger partial charge in [0.15, 0.2) is 0 Å². The van der Waals surface area contributed by atoms with Crippen molar-refractivity contribution < 1.29 is 9.47 Å². The number of nitrogens with two attached hydrogens (primary N) is 1. The van der Waals surface area contributed by atoms with Gasteiger partial charge in [-0.05, 0) is 18.9 Å². The predicted molar refractivity (Wildman–Crippen MR) is 111 cm³/mol. The molecule has 2 saturated heterocycles. The first-order valence-electron chi connectivity index (χ1n) is 9.60. The van der Waals surface area contributed by atoms with E-state index in [0.717, 1.165) is 69.1 Å². The molecule has 0 saturated carbocycles. The summed E-state index contributed by atoms with van der Waals surface area (Å²) in [6.07, 6.45) is 5.45. The average Bonchev–Trinajstić information content (AvgIpc) is 2.72. The minimum atomic E-state index is 0.586. The summed E-state index contributed by atoms with van der Waals surface area (Å²) in [6.45, 7) is 5.72. The van der Waals surface area contributed by atoms with Crippen LogP contribution in [0.25, 0.3) is 5.57 Å². The predicted octanol–water partition coefficient (Wildman–Crippen LogP) is 1.79. The van der Waals surface area contributed by atoms with Crippen LogP contribution in [0.5, 0.6) is 5.75 Å². The molecule has 0 aliphatic carbocycles. The van der Waals surface area contributed by atoms with Gasteiger partial charge in [0.1, 0.15) is 5.75 Å². The second kappa shape index (κ2) is 9.10. The zero-order chi connectivity index (χ0) is 19.2. The monoisotopic (exact) mass is 373 g/mol. The number of anilines is 2. The third-order valence-corrected chi connectivity index (χ3v) is 5.48. The van der Waals surface area contributed by atoms with Gasteiger partial charge in [-0.15, -0.1) is 0 Å². The van der Waals surface area contributed by atoms with E-state index in [1.54, 1.807) is 7.11 Å². The molecule has 0 atom stereocenters. The van der Waals surface area contributed by atoms with Crippen LogP contribution in [0.3, 0.4) is 0 Å². The number of nitrogen functional groups attached to an aromatic ring is 1. The minimum Gasteiger partial charge on any atom is -0.495 e. The van der Waals surface area contributed by atoms with Crippen molar-refractivity contribution in [1.82, 2.24) is 10.2 Å². The highest BCUT2D eigenvalue weighted by molar-refractivity contribution is 6.11. The van der Waals surface area contributed by atoms with Crippen LogP contribution in [0.15, 0.2) is 18.3 Å². The number of rotatable bonds is 6. The Morgan fingerprint density at radius 3 is 2.56 bits per heavy atom. The number of nitrogens with zero attached hydrogens (tertiary/aromatic N) is 2. The van der Waals surface area contributed by atoms with Crippen molar-refractivity contribution >= 4 is 23.2 Å². The Kier molecular flexibility index (Phi) is 6.58. The second-order valence-electron chi connectivity index (χ2n) is 7.01. The number of morpholine rings is 1. The van der Waals surface area contributed by atoms with E-state index in [9.17, 15) is 0 Å². The van der Waals surface area contributed by atoms with Crippen LogP contribution >= 0.6 is 0 Å². The van der Waals surface area contributed by atoms with Gasteiger partial charge in [-0.2, -0.15) is 0 Å².